The number of aliphatic imine (C=N–C) groups is 1. The predicted molar refractivity (Wildman–Crippen MR) is 90.8 cm³/mol. The number of imidazole rings is 1. The van der Waals surface area contributed by atoms with Crippen LogP contribution in [0.2, 0.25) is 5.02 Å². The second-order valence-electron chi connectivity index (χ2n) is 6.18. The Balaban J connectivity index is 1.68. The highest BCUT2D eigenvalue weighted by atomic mass is 35.5. The van der Waals surface area contributed by atoms with Gasteiger partial charge in [-0.15, -0.1) is 4.52 Å². The summed E-state index contributed by atoms with van der Waals surface area (Å²) in [6.07, 6.45) is 7.88. The summed E-state index contributed by atoms with van der Waals surface area (Å²) in [6.45, 7) is 0.352. The highest BCUT2D eigenvalue weighted by Crippen LogP contribution is 2.26. The van der Waals surface area contributed by atoms with Crippen LogP contribution in [0, 0.1) is 5.82 Å². The molecule has 0 atom stereocenters. The van der Waals surface area contributed by atoms with E-state index in [1.54, 1.807) is 6.07 Å². The van der Waals surface area contributed by atoms with Crippen molar-refractivity contribution in [2.24, 2.45) is 17.8 Å². The first-order valence-corrected chi connectivity index (χ1v) is 8.24. The number of rotatable bonds is 4. The second-order valence-corrected chi connectivity index (χ2v) is 6.59. The molecule has 0 saturated heterocycles. The van der Waals surface area contributed by atoms with Gasteiger partial charge in [0.15, 0.2) is 6.20 Å². The van der Waals surface area contributed by atoms with E-state index in [1.165, 1.54) is 6.07 Å². The Labute approximate surface area is 143 Å². The lowest BCUT2D eigenvalue weighted by molar-refractivity contribution is -0.662. The molecule has 0 amide bonds. The van der Waals surface area contributed by atoms with E-state index in [1.807, 2.05) is 45.5 Å². The van der Waals surface area contributed by atoms with Crippen molar-refractivity contribution in [1.29, 1.82) is 0 Å². The van der Waals surface area contributed by atoms with Gasteiger partial charge in [0.2, 0.25) is 0 Å². The standard InChI is InChI=1S/C17H18ClFN5/c1-22-5-4-16-23(6-7-24(16)22)10-13-14(18)8-11(9-15(13)19)17(20)21-12-2-3-12/h4-9,12H,2-3,10H2,1H3,(H2,20,21)/q+1. The van der Waals surface area contributed by atoms with Gasteiger partial charge in [-0.25, -0.2) is 13.6 Å². The molecule has 4 rings (SSSR count). The predicted octanol–water partition coefficient (Wildman–Crippen LogP) is 2.27. The molecule has 0 bridgehead atoms. The normalized spacial score (nSPS) is 15.4. The van der Waals surface area contributed by atoms with E-state index in [2.05, 4.69) is 4.99 Å². The monoisotopic (exact) mass is 346 g/mol. The average molecular weight is 347 g/mol. The van der Waals surface area contributed by atoms with Crippen molar-refractivity contribution >= 4 is 23.1 Å². The summed E-state index contributed by atoms with van der Waals surface area (Å²) in [4.78, 5) is 4.35. The molecule has 2 heterocycles. The molecule has 1 aromatic carbocycles. The van der Waals surface area contributed by atoms with Crippen LogP contribution in [0.4, 0.5) is 4.39 Å². The molecule has 2 N–H and O–H groups in total. The zero-order chi connectivity index (χ0) is 16.8. The van der Waals surface area contributed by atoms with Crippen LogP contribution in [-0.4, -0.2) is 21.1 Å². The number of aryl methyl sites for hydroxylation is 1. The number of hydrogen-bond donors (Lipinski definition) is 1. The lowest BCUT2D eigenvalue weighted by atomic mass is 10.1. The highest BCUT2D eigenvalue weighted by Gasteiger charge is 2.22. The third kappa shape index (κ3) is 2.67. The lowest BCUT2D eigenvalue weighted by Gasteiger charge is -2.08. The van der Waals surface area contributed by atoms with Crippen molar-refractivity contribution in [3.63, 3.8) is 0 Å². The van der Waals surface area contributed by atoms with Crippen molar-refractivity contribution in [1.82, 2.24) is 9.20 Å². The molecule has 1 aliphatic carbocycles. The van der Waals surface area contributed by atoms with Gasteiger partial charge in [-0.3, -0.25) is 4.99 Å². The summed E-state index contributed by atoms with van der Waals surface area (Å²) in [5.74, 6) is -0.0129. The number of nitrogens with two attached hydrogens (primary N) is 1. The maximum Gasteiger partial charge on any atom is 0.307 e. The Hall–Kier alpha value is -2.34. The third-order valence-corrected chi connectivity index (χ3v) is 4.67. The van der Waals surface area contributed by atoms with E-state index < -0.39 is 0 Å². The Morgan fingerprint density at radius 1 is 1.42 bits per heavy atom. The maximum absolute atomic E-state index is 14.6. The van der Waals surface area contributed by atoms with Gasteiger partial charge in [0.25, 0.3) is 0 Å². The number of halogens is 2. The van der Waals surface area contributed by atoms with Gasteiger partial charge < -0.3 is 5.73 Å². The van der Waals surface area contributed by atoms with Crippen molar-refractivity contribution < 1.29 is 8.96 Å². The van der Waals surface area contributed by atoms with Crippen LogP contribution in [0.3, 0.4) is 0 Å². The first kappa shape index (κ1) is 15.2. The van der Waals surface area contributed by atoms with E-state index >= 15 is 0 Å². The first-order chi connectivity index (χ1) is 11.5. The van der Waals surface area contributed by atoms with E-state index in [4.69, 9.17) is 17.3 Å². The molecule has 2 aromatic heterocycles. The Kier molecular flexibility index (Phi) is 3.57. The lowest BCUT2D eigenvalue weighted by Crippen LogP contribution is -2.33. The Bertz CT molecular complexity index is 928. The van der Waals surface area contributed by atoms with Crippen LogP contribution in [0.1, 0.15) is 24.0 Å². The first-order valence-electron chi connectivity index (χ1n) is 7.86. The van der Waals surface area contributed by atoms with Crippen LogP contribution >= 0.6 is 11.6 Å². The van der Waals surface area contributed by atoms with E-state index in [0.717, 1.165) is 18.5 Å². The zero-order valence-corrected chi connectivity index (χ0v) is 14.0. The summed E-state index contributed by atoms with van der Waals surface area (Å²) in [5.41, 5.74) is 7.90. The fourth-order valence-corrected chi connectivity index (χ4v) is 3.06. The van der Waals surface area contributed by atoms with Crippen molar-refractivity contribution in [2.45, 2.75) is 25.4 Å². The molecule has 0 radical (unpaired) electrons. The minimum absolute atomic E-state index is 0.287. The molecule has 1 aliphatic rings. The molecule has 7 heteroatoms. The minimum atomic E-state index is -0.366. The molecule has 3 aromatic rings. The third-order valence-electron chi connectivity index (χ3n) is 4.33. The van der Waals surface area contributed by atoms with E-state index in [-0.39, 0.29) is 11.9 Å². The molecular weight excluding hydrogens is 329 g/mol. The van der Waals surface area contributed by atoms with E-state index in [0.29, 0.717) is 28.5 Å². The zero-order valence-electron chi connectivity index (χ0n) is 13.3. The van der Waals surface area contributed by atoms with Crippen LogP contribution in [0.5, 0.6) is 0 Å². The van der Waals surface area contributed by atoms with E-state index in [9.17, 15) is 4.39 Å². The largest absolute Gasteiger partial charge is 0.383 e. The van der Waals surface area contributed by atoms with Gasteiger partial charge >= 0.3 is 5.65 Å². The van der Waals surface area contributed by atoms with Gasteiger partial charge in [-0.2, -0.15) is 0 Å². The van der Waals surface area contributed by atoms with Crippen molar-refractivity contribution in [2.75, 3.05) is 0 Å². The molecular formula is C17H18ClFN5+. The number of hydrogen-bond acceptors (Lipinski definition) is 1. The van der Waals surface area contributed by atoms with Crippen molar-refractivity contribution in [3.05, 3.63) is 58.8 Å². The highest BCUT2D eigenvalue weighted by molar-refractivity contribution is 6.31. The number of benzene rings is 1. The molecule has 0 spiro atoms. The molecule has 5 nitrogen and oxygen atoms in total. The van der Waals surface area contributed by atoms with Gasteiger partial charge in [0.05, 0.1) is 11.1 Å². The van der Waals surface area contributed by atoms with Gasteiger partial charge in [0, 0.05) is 30.4 Å². The van der Waals surface area contributed by atoms with Crippen LogP contribution in [-0.2, 0) is 13.6 Å². The van der Waals surface area contributed by atoms with Gasteiger partial charge in [-0.1, -0.05) is 11.6 Å². The fourth-order valence-electron chi connectivity index (χ4n) is 2.79. The Morgan fingerprint density at radius 3 is 2.92 bits per heavy atom. The minimum Gasteiger partial charge on any atom is -0.383 e. The molecule has 0 unspecified atom stereocenters. The molecule has 24 heavy (non-hydrogen) atoms. The average Bonchev–Trinajstić information content (AvgIpc) is 3.14. The molecule has 124 valence electrons. The number of amidine groups is 1. The second kappa shape index (κ2) is 5.63. The molecule has 1 saturated carbocycles. The van der Waals surface area contributed by atoms with Gasteiger partial charge in [-0.05, 0) is 25.0 Å². The topological polar surface area (TPSA) is 51.6 Å². The van der Waals surface area contributed by atoms with Crippen LogP contribution in [0.25, 0.3) is 5.65 Å². The SMILES string of the molecule is Cn1ccc2n1cc[n+]2Cc1c(F)cc(C(N)=NC2CC2)cc1Cl. The van der Waals surface area contributed by atoms with Gasteiger partial charge in [0.1, 0.15) is 24.4 Å². The summed E-state index contributed by atoms with van der Waals surface area (Å²) in [6, 6.07) is 5.37. The van der Waals surface area contributed by atoms with Crippen LogP contribution < -0.4 is 10.3 Å². The van der Waals surface area contributed by atoms with Crippen LogP contribution in [0.15, 0.2) is 41.8 Å². The number of nitrogens with zero attached hydrogens (tertiary/aromatic N) is 4. The van der Waals surface area contributed by atoms with Crippen molar-refractivity contribution in [3.8, 4) is 0 Å². The summed E-state index contributed by atoms with van der Waals surface area (Å²) >= 11 is 6.33. The Morgan fingerprint density at radius 2 is 2.21 bits per heavy atom. The maximum atomic E-state index is 14.6. The summed E-state index contributed by atoms with van der Waals surface area (Å²) in [5, 5.41) is 0.363. The quantitative estimate of drug-likeness (QED) is 0.440. The molecule has 1 fully saturated rings. The number of aromatic nitrogens is 3. The fraction of sp³-hybridized carbons (Fsp3) is 0.294. The number of fused-ring (bicyclic) bond motifs is 1. The molecule has 0 aliphatic heterocycles. The summed E-state index contributed by atoms with van der Waals surface area (Å²) in [7, 11) is 1.95. The smallest absolute Gasteiger partial charge is 0.307 e. The summed E-state index contributed by atoms with van der Waals surface area (Å²) < 4.78 is 20.5.